The number of anilines is 1. The van der Waals surface area contributed by atoms with Crippen LogP contribution in [0.25, 0.3) is 11.3 Å². The number of carbonyl (C=O) groups is 2. The van der Waals surface area contributed by atoms with Crippen molar-refractivity contribution in [2.24, 2.45) is 0 Å². The minimum Gasteiger partial charge on any atom is -0.507 e. The molecule has 2 heterocycles. The van der Waals surface area contributed by atoms with Gasteiger partial charge in [0, 0.05) is 23.7 Å². The number of nitrogens with zero attached hydrogens (tertiary/aromatic N) is 2. The molecule has 0 atom stereocenters. The Morgan fingerprint density at radius 2 is 1.86 bits per heavy atom. The number of nitrogens with one attached hydrogen (secondary N) is 2. The Labute approximate surface area is 223 Å². The molecule has 0 aliphatic heterocycles. The first-order valence-electron chi connectivity index (χ1n) is 11.9. The molecule has 5 rings (SSSR count). The van der Waals surface area contributed by atoms with Crippen LogP contribution in [0.1, 0.15) is 53.4 Å². The zero-order valence-electron chi connectivity index (χ0n) is 19.7. The number of amides is 2. The normalized spacial score (nSPS) is 13.6. The Hall–Kier alpha value is -3.75. The SMILES string of the molecule is O=C(Nc1ccc(O)c(-c2cc(C3CCCC3)n(C(=O)NCc3ccc(Cl)c(Cl)c3)n2)c1)c1ccco1. The number of halogens is 2. The van der Waals surface area contributed by atoms with Gasteiger partial charge in [-0.1, -0.05) is 42.1 Å². The minimum absolute atomic E-state index is 0.0187. The van der Waals surface area contributed by atoms with E-state index >= 15 is 0 Å². The molecule has 190 valence electrons. The van der Waals surface area contributed by atoms with Crippen molar-refractivity contribution in [2.75, 3.05) is 5.32 Å². The molecule has 1 saturated carbocycles. The summed E-state index contributed by atoms with van der Waals surface area (Å²) in [5, 5.41) is 21.7. The fraction of sp³-hybridized carbons (Fsp3) is 0.222. The van der Waals surface area contributed by atoms with Crippen molar-refractivity contribution < 1.29 is 19.1 Å². The molecule has 2 aromatic heterocycles. The summed E-state index contributed by atoms with van der Waals surface area (Å²) in [5.74, 6) is -0.0858. The van der Waals surface area contributed by atoms with Gasteiger partial charge in [-0.25, -0.2) is 4.79 Å². The lowest BCUT2D eigenvalue weighted by molar-refractivity contribution is 0.0996. The summed E-state index contributed by atoms with van der Waals surface area (Å²) >= 11 is 12.1. The largest absolute Gasteiger partial charge is 0.507 e. The average Bonchev–Trinajstić information content (AvgIpc) is 3.67. The van der Waals surface area contributed by atoms with Crippen LogP contribution in [0.4, 0.5) is 10.5 Å². The first kappa shape index (κ1) is 24.9. The highest BCUT2D eigenvalue weighted by molar-refractivity contribution is 6.42. The van der Waals surface area contributed by atoms with Gasteiger partial charge >= 0.3 is 6.03 Å². The topological polar surface area (TPSA) is 109 Å². The molecular weight excluding hydrogens is 515 g/mol. The molecule has 3 N–H and O–H groups in total. The van der Waals surface area contributed by atoms with Crippen LogP contribution >= 0.6 is 23.2 Å². The van der Waals surface area contributed by atoms with E-state index in [0.29, 0.717) is 27.0 Å². The molecule has 0 spiro atoms. The first-order valence-corrected chi connectivity index (χ1v) is 12.6. The van der Waals surface area contributed by atoms with E-state index in [4.69, 9.17) is 27.6 Å². The third-order valence-corrected chi connectivity index (χ3v) is 7.14. The number of benzene rings is 2. The van der Waals surface area contributed by atoms with Crippen LogP contribution in [-0.2, 0) is 6.54 Å². The maximum atomic E-state index is 13.2. The molecule has 0 unspecified atom stereocenters. The number of aromatic hydroxyl groups is 1. The van der Waals surface area contributed by atoms with Crippen LogP contribution in [-0.4, -0.2) is 26.8 Å². The summed E-state index contributed by atoms with van der Waals surface area (Å²) in [6.07, 6.45) is 5.49. The van der Waals surface area contributed by atoms with Gasteiger partial charge in [0.15, 0.2) is 5.76 Å². The van der Waals surface area contributed by atoms with Crippen LogP contribution in [0.3, 0.4) is 0 Å². The molecule has 1 fully saturated rings. The zero-order chi connectivity index (χ0) is 25.9. The molecule has 37 heavy (non-hydrogen) atoms. The monoisotopic (exact) mass is 538 g/mol. The van der Waals surface area contributed by atoms with Crippen molar-refractivity contribution in [1.29, 1.82) is 0 Å². The Morgan fingerprint density at radius 1 is 1.05 bits per heavy atom. The summed E-state index contributed by atoms with van der Waals surface area (Å²) in [7, 11) is 0. The average molecular weight is 539 g/mol. The lowest BCUT2D eigenvalue weighted by atomic mass is 10.0. The van der Waals surface area contributed by atoms with Gasteiger partial charge in [0.25, 0.3) is 5.91 Å². The summed E-state index contributed by atoms with van der Waals surface area (Å²) in [6, 6.07) is 14.5. The van der Waals surface area contributed by atoms with E-state index in [2.05, 4.69) is 15.7 Å². The molecule has 8 nitrogen and oxygen atoms in total. The molecular formula is C27H24Cl2N4O4. The van der Waals surface area contributed by atoms with Crippen LogP contribution in [0.5, 0.6) is 5.75 Å². The number of phenolic OH excluding ortho intramolecular Hbond substituents is 1. The fourth-order valence-corrected chi connectivity index (χ4v) is 4.84. The Kier molecular flexibility index (Phi) is 7.21. The second kappa shape index (κ2) is 10.7. The minimum atomic E-state index is -0.416. The Balaban J connectivity index is 1.42. The standard InChI is InChI=1S/C27H24Cl2N4O4/c28-20-9-7-16(12-21(20)29)15-30-27(36)33-23(17-4-1-2-5-17)14-22(32-33)19-13-18(8-10-24(19)34)31-26(35)25-6-3-11-37-25/h3,6-14,17,34H,1-2,4-5,15H2,(H,30,36)(H,31,35). The number of furan rings is 1. The van der Waals surface area contributed by atoms with Gasteiger partial charge in [-0.3, -0.25) is 4.79 Å². The fourth-order valence-electron chi connectivity index (χ4n) is 4.52. The number of hydrogen-bond acceptors (Lipinski definition) is 5. The number of rotatable bonds is 6. The van der Waals surface area contributed by atoms with E-state index < -0.39 is 5.91 Å². The molecule has 1 aliphatic carbocycles. The van der Waals surface area contributed by atoms with E-state index in [1.165, 1.54) is 17.0 Å². The van der Waals surface area contributed by atoms with Gasteiger partial charge in [-0.2, -0.15) is 9.78 Å². The maximum Gasteiger partial charge on any atom is 0.342 e. The highest BCUT2D eigenvalue weighted by Gasteiger charge is 2.26. The van der Waals surface area contributed by atoms with Gasteiger partial charge < -0.3 is 20.2 Å². The van der Waals surface area contributed by atoms with Crippen LogP contribution in [0, 0.1) is 0 Å². The molecule has 0 saturated heterocycles. The summed E-state index contributed by atoms with van der Waals surface area (Å²) in [6.45, 7) is 0.245. The quantitative estimate of drug-likeness (QED) is 0.233. The van der Waals surface area contributed by atoms with Crippen molar-refractivity contribution in [2.45, 2.75) is 38.1 Å². The smallest absolute Gasteiger partial charge is 0.342 e. The van der Waals surface area contributed by atoms with Crippen LogP contribution in [0.2, 0.25) is 10.0 Å². The van der Waals surface area contributed by atoms with Crippen LogP contribution < -0.4 is 10.6 Å². The van der Waals surface area contributed by atoms with Gasteiger partial charge in [0.05, 0.1) is 27.7 Å². The number of hydrogen-bond donors (Lipinski definition) is 3. The lowest BCUT2D eigenvalue weighted by Crippen LogP contribution is -2.30. The molecule has 2 aromatic carbocycles. The number of aromatic nitrogens is 2. The van der Waals surface area contributed by atoms with Gasteiger partial charge in [0.1, 0.15) is 5.75 Å². The Morgan fingerprint density at radius 3 is 2.59 bits per heavy atom. The molecule has 0 bridgehead atoms. The van der Waals surface area contributed by atoms with Gasteiger partial charge in [-0.05, 0) is 66.9 Å². The predicted octanol–water partition coefficient (Wildman–Crippen LogP) is 6.82. The summed E-state index contributed by atoms with van der Waals surface area (Å²) in [5.41, 5.74) is 2.86. The maximum absolute atomic E-state index is 13.2. The predicted molar refractivity (Wildman–Crippen MR) is 141 cm³/mol. The highest BCUT2D eigenvalue weighted by Crippen LogP contribution is 2.38. The summed E-state index contributed by atoms with van der Waals surface area (Å²) in [4.78, 5) is 25.6. The number of phenols is 1. The van der Waals surface area contributed by atoms with E-state index in [0.717, 1.165) is 36.9 Å². The second-order valence-electron chi connectivity index (χ2n) is 8.92. The molecule has 1 aliphatic rings. The van der Waals surface area contributed by atoms with Crippen molar-refractivity contribution in [3.8, 4) is 17.0 Å². The third-order valence-electron chi connectivity index (χ3n) is 6.41. The van der Waals surface area contributed by atoms with Gasteiger partial charge in [-0.15, -0.1) is 0 Å². The van der Waals surface area contributed by atoms with E-state index in [1.54, 1.807) is 42.5 Å². The third kappa shape index (κ3) is 5.50. The van der Waals surface area contributed by atoms with Crippen molar-refractivity contribution in [3.63, 3.8) is 0 Å². The molecule has 0 radical (unpaired) electrons. The first-order chi connectivity index (χ1) is 17.9. The number of carbonyl (C=O) groups excluding carboxylic acids is 2. The van der Waals surface area contributed by atoms with E-state index in [1.807, 2.05) is 6.07 Å². The molecule has 2 amide bonds. The van der Waals surface area contributed by atoms with Crippen LogP contribution in [0.15, 0.2) is 65.3 Å². The summed E-state index contributed by atoms with van der Waals surface area (Å²) < 4.78 is 6.51. The highest BCUT2D eigenvalue weighted by atomic mass is 35.5. The Bertz CT molecular complexity index is 1440. The van der Waals surface area contributed by atoms with Crippen molar-refractivity contribution in [1.82, 2.24) is 15.1 Å². The van der Waals surface area contributed by atoms with Gasteiger partial charge in [0.2, 0.25) is 0 Å². The lowest BCUT2D eigenvalue weighted by Gasteiger charge is -2.12. The zero-order valence-corrected chi connectivity index (χ0v) is 21.2. The molecule has 4 aromatic rings. The van der Waals surface area contributed by atoms with Crippen molar-refractivity contribution in [3.05, 3.63) is 87.9 Å². The molecule has 10 heteroatoms. The van der Waals surface area contributed by atoms with E-state index in [-0.39, 0.29) is 30.0 Å². The van der Waals surface area contributed by atoms with E-state index in [9.17, 15) is 14.7 Å². The second-order valence-corrected chi connectivity index (χ2v) is 9.73. The van der Waals surface area contributed by atoms with Crippen molar-refractivity contribution >= 4 is 40.8 Å².